The van der Waals surface area contributed by atoms with E-state index in [1.807, 2.05) is 9.80 Å². The highest BCUT2D eigenvalue weighted by atomic mass is 32.2. The number of carbonyl (C=O) groups excluding carboxylic acids is 2. The Morgan fingerprint density at radius 2 is 1.73 bits per heavy atom. The van der Waals surface area contributed by atoms with E-state index in [1.54, 1.807) is 0 Å². The molecular formula is C15H22N2O4S. The molecule has 0 bridgehead atoms. The zero-order valence-electron chi connectivity index (χ0n) is 12.6. The normalized spacial score (nSPS) is 30.1. The maximum absolute atomic E-state index is 12.5. The van der Waals surface area contributed by atoms with E-state index in [2.05, 4.69) is 0 Å². The van der Waals surface area contributed by atoms with E-state index >= 15 is 0 Å². The number of nitrogens with zero attached hydrogens (tertiary/aromatic N) is 2. The van der Waals surface area contributed by atoms with E-state index < -0.39 is 11.2 Å². The summed E-state index contributed by atoms with van der Waals surface area (Å²) in [4.78, 5) is 39.1. The van der Waals surface area contributed by atoms with Crippen molar-refractivity contribution in [1.29, 1.82) is 0 Å². The van der Waals surface area contributed by atoms with Crippen LogP contribution in [0.3, 0.4) is 0 Å². The number of amides is 2. The quantitative estimate of drug-likeness (QED) is 0.835. The van der Waals surface area contributed by atoms with Gasteiger partial charge < -0.3 is 14.9 Å². The van der Waals surface area contributed by atoms with Gasteiger partial charge in [0.15, 0.2) is 0 Å². The Kier molecular flexibility index (Phi) is 4.61. The largest absolute Gasteiger partial charge is 0.480 e. The first kappa shape index (κ1) is 15.6. The summed E-state index contributed by atoms with van der Waals surface area (Å²) in [6, 6.07) is 0.280. The molecule has 3 aliphatic rings. The number of likely N-dealkylation sites (tertiary alicyclic amines) is 2. The minimum Gasteiger partial charge on any atom is -0.480 e. The first-order valence-corrected chi connectivity index (χ1v) is 8.97. The molecule has 6 nitrogen and oxygen atoms in total. The maximum atomic E-state index is 12.5. The van der Waals surface area contributed by atoms with Gasteiger partial charge in [0, 0.05) is 32.1 Å². The first-order valence-electron chi connectivity index (χ1n) is 8.03. The average Bonchev–Trinajstić information content (AvgIpc) is 3.15. The average molecular weight is 326 g/mol. The zero-order valence-corrected chi connectivity index (χ0v) is 13.4. The summed E-state index contributed by atoms with van der Waals surface area (Å²) in [5.74, 6) is -0.480. The van der Waals surface area contributed by atoms with Crippen molar-refractivity contribution in [2.75, 3.05) is 19.6 Å². The molecule has 0 aromatic carbocycles. The molecule has 0 unspecified atom stereocenters. The monoisotopic (exact) mass is 326 g/mol. The molecule has 2 amide bonds. The fraction of sp³-hybridized carbons (Fsp3) is 0.800. The fourth-order valence-corrected chi connectivity index (χ4v) is 4.98. The van der Waals surface area contributed by atoms with E-state index in [1.165, 1.54) is 11.8 Å². The topological polar surface area (TPSA) is 77.9 Å². The lowest BCUT2D eigenvalue weighted by atomic mass is 10.0. The standard InChI is InChI=1S/C15H22N2O4S/c18-13-2-1-7-17(13)10-5-8-16(9-6-10)14(19)11-3-4-12(22-11)15(20)21/h10-12H,1-9H2,(H,20,21)/t11-,12+/m0/s1. The number of aliphatic carboxylic acids is 1. The van der Waals surface area contributed by atoms with Crippen LogP contribution in [0.5, 0.6) is 0 Å². The highest BCUT2D eigenvalue weighted by Gasteiger charge is 2.38. The van der Waals surface area contributed by atoms with Crippen LogP contribution in [0.15, 0.2) is 0 Å². The number of carboxylic acids is 1. The van der Waals surface area contributed by atoms with Crippen molar-refractivity contribution in [1.82, 2.24) is 9.80 Å². The molecule has 0 aromatic heterocycles. The third-order valence-electron chi connectivity index (χ3n) is 4.90. The Morgan fingerprint density at radius 3 is 2.27 bits per heavy atom. The van der Waals surface area contributed by atoms with E-state index in [9.17, 15) is 14.4 Å². The molecule has 122 valence electrons. The first-order chi connectivity index (χ1) is 10.6. The van der Waals surface area contributed by atoms with Gasteiger partial charge in [0.05, 0.1) is 5.25 Å². The molecule has 0 spiro atoms. The number of hydrogen-bond acceptors (Lipinski definition) is 4. The number of carbonyl (C=O) groups is 3. The molecule has 3 heterocycles. The number of thioether (sulfide) groups is 1. The van der Waals surface area contributed by atoms with Gasteiger partial charge in [-0.3, -0.25) is 14.4 Å². The number of rotatable bonds is 3. The number of piperidine rings is 1. The molecular weight excluding hydrogens is 304 g/mol. The molecule has 3 fully saturated rings. The lowest BCUT2D eigenvalue weighted by Gasteiger charge is -2.37. The molecule has 7 heteroatoms. The summed E-state index contributed by atoms with van der Waals surface area (Å²) < 4.78 is 0. The fourth-order valence-electron chi connectivity index (χ4n) is 3.66. The predicted molar refractivity (Wildman–Crippen MR) is 82.6 cm³/mol. The Balaban J connectivity index is 1.50. The van der Waals surface area contributed by atoms with Gasteiger partial charge in [-0.2, -0.15) is 0 Å². The SMILES string of the molecule is O=C(O)[C@H]1CC[C@@H](C(=O)N2CCC(N3CCCC3=O)CC2)S1. The Labute approximate surface area is 134 Å². The van der Waals surface area contributed by atoms with E-state index in [0.29, 0.717) is 32.4 Å². The van der Waals surface area contributed by atoms with Crippen LogP contribution in [0.2, 0.25) is 0 Å². The zero-order chi connectivity index (χ0) is 15.7. The van der Waals surface area contributed by atoms with Gasteiger partial charge in [-0.25, -0.2) is 0 Å². The summed E-state index contributed by atoms with van der Waals surface area (Å²) in [5, 5.41) is 8.38. The Bertz CT molecular complexity index is 476. The van der Waals surface area contributed by atoms with E-state index in [-0.39, 0.29) is 23.1 Å². The Morgan fingerprint density at radius 1 is 1.05 bits per heavy atom. The van der Waals surface area contributed by atoms with Gasteiger partial charge in [0.1, 0.15) is 5.25 Å². The molecule has 2 atom stereocenters. The summed E-state index contributed by atoms with van der Waals surface area (Å²) in [7, 11) is 0. The minimum absolute atomic E-state index is 0.0833. The van der Waals surface area contributed by atoms with Crippen molar-refractivity contribution in [2.45, 2.75) is 55.1 Å². The van der Waals surface area contributed by atoms with Crippen LogP contribution >= 0.6 is 11.8 Å². The van der Waals surface area contributed by atoms with Crippen molar-refractivity contribution in [3.05, 3.63) is 0 Å². The summed E-state index contributed by atoms with van der Waals surface area (Å²) in [6.45, 7) is 2.22. The highest BCUT2D eigenvalue weighted by molar-refractivity contribution is 8.02. The van der Waals surface area contributed by atoms with E-state index in [4.69, 9.17) is 5.11 Å². The van der Waals surface area contributed by atoms with E-state index in [0.717, 1.165) is 25.8 Å². The van der Waals surface area contributed by atoms with Crippen LogP contribution in [0.4, 0.5) is 0 Å². The molecule has 0 aliphatic carbocycles. The minimum atomic E-state index is -0.813. The smallest absolute Gasteiger partial charge is 0.316 e. The molecule has 0 radical (unpaired) electrons. The van der Waals surface area contributed by atoms with Crippen LogP contribution in [-0.4, -0.2) is 68.9 Å². The molecule has 3 rings (SSSR count). The second-order valence-electron chi connectivity index (χ2n) is 6.28. The number of carboxylic acid groups (broad SMARTS) is 1. The molecule has 22 heavy (non-hydrogen) atoms. The van der Waals surface area contributed by atoms with Crippen molar-refractivity contribution in [3.63, 3.8) is 0 Å². The number of hydrogen-bond donors (Lipinski definition) is 1. The second kappa shape index (κ2) is 6.48. The molecule has 0 saturated carbocycles. The van der Waals surface area contributed by atoms with Crippen LogP contribution < -0.4 is 0 Å². The van der Waals surface area contributed by atoms with Crippen molar-refractivity contribution >= 4 is 29.5 Å². The third-order valence-corrected chi connectivity index (χ3v) is 6.43. The third kappa shape index (κ3) is 3.09. The highest BCUT2D eigenvalue weighted by Crippen LogP contribution is 2.35. The van der Waals surface area contributed by atoms with Crippen LogP contribution in [0.25, 0.3) is 0 Å². The molecule has 1 N–H and O–H groups in total. The summed E-state index contributed by atoms with van der Waals surface area (Å²) >= 11 is 1.29. The van der Waals surface area contributed by atoms with Gasteiger partial charge in [0.25, 0.3) is 0 Å². The van der Waals surface area contributed by atoms with Crippen molar-refractivity contribution < 1.29 is 19.5 Å². The summed E-state index contributed by atoms with van der Waals surface area (Å²) in [6.07, 6.45) is 4.54. The van der Waals surface area contributed by atoms with Crippen LogP contribution in [0, 0.1) is 0 Å². The summed E-state index contributed by atoms with van der Waals surface area (Å²) in [5.41, 5.74) is 0. The van der Waals surface area contributed by atoms with Crippen LogP contribution in [-0.2, 0) is 14.4 Å². The van der Waals surface area contributed by atoms with Gasteiger partial charge in [-0.05, 0) is 32.1 Å². The maximum Gasteiger partial charge on any atom is 0.316 e. The lowest BCUT2D eigenvalue weighted by Crippen LogP contribution is -2.48. The van der Waals surface area contributed by atoms with Gasteiger partial charge in [0.2, 0.25) is 11.8 Å². The van der Waals surface area contributed by atoms with Gasteiger partial charge in [-0.1, -0.05) is 0 Å². The predicted octanol–water partition coefficient (Wildman–Crippen LogP) is 0.949. The van der Waals surface area contributed by atoms with Gasteiger partial charge in [-0.15, -0.1) is 11.8 Å². The van der Waals surface area contributed by atoms with Gasteiger partial charge >= 0.3 is 5.97 Å². The van der Waals surface area contributed by atoms with Crippen LogP contribution in [0.1, 0.15) is 38.5 Å². The Hall–Kier alpha value is -1.24. The molecule has 0 aromatic rings. The second-order valence-corrected chi connectivity index (χ2v) is 7.69. The molecule has 3 saturated heterocycles. The van der Waals surface area contributed by atoms with Crippen molar-refractivity contribution in [2.24, 2.45) is 0 Å². The van der Waals surface area contributed by atoms with Crippen molar-refractivity contribution in [3.8, 4) is 0 Å². The molecule has 3 aliphatic heterocycles. The lowest BCUT2D eigenvalue weighted by molar-refractivity contribution is -0.137.